The first-order valence-corrected chi connectivity index (χ1v) is 7.55. The maximum absolute atomic E-state index is 12.2. The van der Waals surface area contributed by atoms with Gasteiger partial charge in [-0.25, -0.2) is 9.97 Å². The number of nitrogens with one attached hydrogen (secondary N) is 2. The zero-order valence-corrected chi connectivity index (χ0v) is 12.6. The minimum absolute atomic E-state index is 0.190. The Labute approximate surface area is 129 Å². The predicted octanol–water partition coefficient (Wildman–Crippen LogP) is 0.836. The first-order chi connectivity index (χ1) is 10.7. The summed E-state index contributed by atoms with van der Waals surface area (Å²) in [4.78, 5) is 24.9. The van der Waals surface area contributed by atoms with Crippen molar-refractivity contribution in [2.75, 3.05) is 13.1 Å². The van der Waals surface area contributed by atoms with Crippen molar-refractivity contribution in [3.63, 3.8) is 0 Å². The lowest BCUT2D eigenvalue weighted by Gasteiger charge is -2.11. The van der Waals surface area contributed by atoms with E-state index >= 15 is 0 Å². The number of rotatable bonds is 5. The molecular formula is C15H20N6O. The number of carbonyl (C=O) groups is 1. The second-order valence-corrected chi connectivity index (χ2v) is 5.40. The summed E-state index contributed by atoms with van der Waals surface area (Å²) in [7, 11) is 0. The van der Waals surface area contributed by atoms with Crippen LogP contribution >= 0.6 is 0 Å². The topological polar surface area (TPSA) is 84.7 Å². The van der Waals surface area contributed by atoms with E-state index in [1.165, 1.54) is 6.20 Å². The van der Waals surface area contributed by atoms with Crippen LogP contribution in [-0.4, -0.2) is 38.5 Å². The molecule has 7 nitrogen and oxygen atoms in total. The molecule has 7 heteroatoms. The van der Waals surface area contributed by atoms with Crippen molar-refractivity contribution in [2.24, 2.45) is 0 Å². The van der Waals surface area contributed by atoms with Gasteiger partial charge in [-0.3, -0.25) is 9.78 Å². The summed E-state index contributed by atoms with van der Waals surface area (Å²) in [5.41, 5.74) is 1.21. The number of hydrogen-bond acceptors (Lipinski definition) is 5. The van der Waals surface area contributed by atoms with Crippen LogP contribution < -0.4 is 10.6 Å². The van der Waals surface area contributed by atoms with Gasteiger partial charge in [-0.1, -0.05) is 0 Å². The lowest BCUT2D eigenvalue weighted by atomic mass is 10.1. The normalized spacial score (nSPS) is 17.6. The second kappa shape index (κ2) is 6.65. The van der Waals surface area contributed by atoms with Gasteiger partial charge in [-0.15, -0.1) is 0 Å². The number of nitrogens with zero attached hydrogens (tertiary/aromatic N) is 4. The van der Waals surface area contributed by atoms with Gasteiger partial charge in [0.05, 0.1) is 24.1 Å². The van der Waals surface area contributed by atoms with Gasteiger partial charge in [-0.05, 0) is 26.3 Å². The molecule has 1 aliphatic rings. The SMILES string of the molecule is Cc1nccn1CCNC(=O)c1cncc(C2CCCN2)n1. The van der Waals surface area contributed by atoms with Gasteiger partial charge in [0.1, 0.15) is 11.5 Å². The van der Waals surface area contributed by atoms with Gasteiger partial charge in [0.25, 0.3) is 5.91 Å². The third-order valence-corrected chi connectivity index (χ3v) is 3.87. The summed E-state index contributed by atoms with van der Waals surface area (Å²) >= 11 is 0. The zero-order valence-electron chi connectivity index (χ0n) is 12.6. The Kier molecular flexibility index (Phi) is 4.43. The third kappa shape index (κ3) is 3.30. The molecule has 0 saturated carbocycles. The number of imidazole rings is 1. The van der Waals surface area contributed by atoms with Crippen LogP contribution in [0.1, 0.15) is 40.9 Å². The molecule has 1 saturated heterocycles. The lowest BCUT2D eigenvalue weighted by Crippen LogP contribution is -2.29. The monoisotopic (exact) mass is 300 g/mol. The Bertz CT molecular complexity index is 647. The summed E-state index contributed by atoms with van der Waals surface area (Å²) in [6.45, 7) is 4.15. The quantitative estimate of drug-likeness (QED) is 0.854. The Morgan fingerprint density at radius 3 is 3.14 bits per heavy atom. The number of carbonyl (C=O) groups excluding carboxylic acids is 1. The molecule has 1 unspecified atom stereocenters. The minimum Gasteiger partial charge on any atom is -0.349 e. The Balaban J connectivity index is 1.57. The summed E-state index contributed by atoms with van der Waals surface area (Å²) in [5, 5.41) is 6.23. The molecule has 22 heavy (non-hydrogen) atoms. The van der Waals surface area contributed by atoms with Gasteiger partial charge >= 0.3 is 0 Å². The molecule has 2 aromatic rings. The van der Waals surface area contributed by atoms with Crippen LogP contribution in [0.5, 0.6) is 0 Å². The van der Waals surface area contributed by atoms with Gasteiger partial charge in [0.2, 0.25) is 0 Å². The molecule has 3 heterocycles. The van der Waals surface area contributed by atoms with Gasteiger partial charge in [0.15, 0.2) is 0 Å². The Hall–Kier alpha value is -2.28. The molecule has 0 radical (unpaired) electrons. The summed E-state index contributed by atoms with van der Waals surface area (Å²) in [5.74, 6) is 0.744. The van der Waals surface area contributed by atoms with Crippen LogP contribution in [-0.2, 0) is 6.54 Å². The van der Waals surface area contributed by atoms with Crippen molar-refractivity contribution in [1.29, 1.82) is 0 Å². The first-order valence-electron chi connectivity index (χ1n) is 7.55. The average molecular weight is 300 g/mol. The molecule has 0 aliphatic carbocycles. The number of hydrogen-bond donors (Lipinski definition) is 2. The van der Waals surface area contributed by atoms with Crippen LogP contribution in [0.4, 0.5) is 0 Å². The smallest absolute Gasteiger partial charge is 0.271 e. The van der Waals surface area contributed by atoms with Crippen LogP contribution in [0.15, 0.2) is 24.8 Å². The van der Waals surface area contributed by atoms with E-state index in [0.29, 0.717) is 18.8 Å². The van der Waals surface area contributed by atoms with E-state index in [9.17, 15) is 4.79 Å². The van der Waals surface area contributed by atoms with E-state index in [0.717, 1.165) is 30.9 Å². The summed E-state index contributed by atoms with van der Waals surface area (Å²) in [6, 6.07) is 0.217. The van der Waals surface area contributed by atoms with E-state index in [4.69, 9.17) is 0 Å². The zero-order chi connectivity index (χ0) is 15.4. The highest BCUT2D eigenvalue weighted by Crippen LogP contribution is 2.20. The molecule has 1 atom stereocenters. The molecule has 0 spiro atoms. The van der Waals surface area contributed by atoms with Crippen molar-refractivity contribution in [2.45, 2.75) is 32.4 Å². The van der Waals surface area contributed by atoms with Gasteiger partial charge < -0.3 is 15.2 Å². The van der Waals surface area contributed by atoms with E-state index in [-0.39, 0.29) is 11.9 Å². The Morgan fingerprint density at radius 2 is 2.41 bits per heavy atom. The minimum atomic E-state index is -0.190. The Morgan fingerprint density at radius 1 is 1.50 bits per heavy atom. The number of amides is 1. The van der Waals surface area contributed by atoms with Crippen LogP contribution in [0.25, 0.3) is 0 Å². The molecule has 0 bridgehead atoms. The molecular weight excluding hydrogens is 280 g/mol. The average Bonchev–Trinajstić information content (AvgIpc) is 3.20. The van der Waals surface area contributed by atoms with Gasteiger partial charge in [0, 0.05) is 25.5 Å². The van der Waals surface area contributed by atoms with Crippen LogP contribution in [0.2, 0.25) is 0 Å². The summed E-state index contributed by atoms with van der Waals surface area (Å²) in [6.07, 6.45) is 9.06. The van der Waals surface area contributed by atoms with Crippen molar-refractivity contribution >= 4 is 5.91 Å². The van der Waals surface area contributed by atoms with Crippen LogP contribution in [0.3, 0.4) is 0 Å². The maximum atomic E-state index is 12.2. The fraction of sp³-hybridized carbons (Fsp3) is 0.467. The molecule has 2 aromatic heterocycles. The highest BCUT2D eigenvalue weighted by atomic mass is 16.1. The van der Waals surface area contributed by atoms with E-state index in [1.54, 1.807) is 12.4 Å². The molecule has 1 amide bonds. The van der Waals surface area contributed by atoms with Crippen molar-refractivity contribution in [1.82, 2.24) is 30.2 Å². The van der Waals surface area contributed by atoms with E-state index in [1.807, 2.05) is 17.7 Å². The number of aryl methyl sites for hydroxylation is 1. The van der Waals surface area contributed by atoms with Crippen LogP contribution in [0, 0.1) is 6.92 Å². The summed E-state index contributed by atoms with van der Waals surface area (Å²) < 4.78 is 1.99. The fourth-order valence-electron chi connectivity index (χ4n) is 2.62. The van der Waals surface area contributed by atoms with E-state index < -0.39 is 0 Å². The molecule has 2 N–H and O–H groups in total. The third-order valence-electron chi connectivity index (χ3n) is 3.87. The largest absolute Gasteiger partial charge is 0.349 e. The highest BCUT2D eigenvalue weighted by molar-refractivity contribution is 5.91. The maximum Gasteiger partial charge on any atom is 0.271 e. The molecule has 116 valence electrons. The molecule has 1 fully saturated rings. The van der Waals surface area contributed by atoms with Crippen molar-refractivity contribution < 1.29 is 4.79 Å². The fourth-order valence-corrected chi connectivity index (χ4v) is 2.62. The number of aromatic nitrogens is 4. The first kappa shape index (κ1) is 14.6. The van der Waals surface area contributed by atoms with Crippen molar-refractivity contribution in [3.05, 3.63) is 42.0 Å². The molecule has 3 rings (SSSR count). The van der Waals surface area contributed by atoms with E-state index in [2.05, 4.69) is 25.6 Å². The lowest BCUT2D eigenvalue weighted by molar-refractivity contribution is 0.0946. The molecule has 0 aromatic carbocycles. The van der Waals surface area contributed by atoms with Gasteiger partial charge in [-0.2, -0.15) is 0 Å². The van der Waals surface area contributed by atoms with Crippen molar-refractivity contribution in [3.8, 4) is 0 Å². The predicted molar refractivity (Wildman–Crippen MR) is 81.3 cm³/mol. The second-order valence-electron chi connectivity index (χ2n) is 5.40. The molecule has 1 aliphatic heterocycles. The highest BCUT2D eigenvalue weighted by Gasteiger charge is 2.19. The standard InChI is InChI=1S/C15H20N6O/c1-11-17-5-7-21(11)8-6-19-15(22)14-10-16-9-13(20-14)12-3-2-4-18-12/h5,7,9-10,12,18H,2-4,6,8H2,1H3,(H,19,22).